The van der Waals surface area contributed by atoms with Crippen LogP contribution in [0.5, 0.6) is 0 Å². The van der Waals surface area contributed by atoms with Gasteiger partial charge in [0.25, 0.3) is 0 Å². The topological polar surface area (TPSA) is 105 Å². The summed E-state index contributed by atoms with van der Waals surface area (Å²) >= 11 is 0. The van der Waals surface area contributed by atoms with Crippen LogP contribution < -0.4 is 10.6 Å². The molecule has 2 aliphatic rings. The first-order valence-electron chi connectivity index (χ1n) is 11.7. The molecule has 0 aromatic carbocycles. The summed E-state index contributed by atoms with van der Waals surface area (Å²) in [6, 6.07) is -1.70. The van der Waals surface area contributed by atoms with Crippen LogP contribution in [0.15, 0.2) is 0 Å². The molecule has 0 radical (unpaired) electrons. The van der Waals surface area contributed by atoms with E-state index in [9.17, 15) is 19.5 Å². The molecule has 172 valence electrons. The molecule has 2 atom stereocenters. The molecule has 0 bridgehead atoms. The third kappa shape index (κ3) is 8.92. The van der Waals surface area contributed by atoms with Crippen molar-refractivity contribution < 1.29 is 24.2 Å². The van der Waals surface area contributed by atoms with Crippen molar-refractivity contribution >= 4 is 18.0 Å². The standard InChI is InChI=1S/C23H40N2O5/c1-23(2,3)30-22(29)25-18(14-16-10-6-4-7-11-16)20(26)24-19(21(27)28)15-17-12-8-5-9-13-17/h16-19H,4-15H2,1-3H3,(H,24,26)(H,25,29)(H,27,28)/t18-,19+/m1/s1. The highest BCUT2D eigenvalue weighted by atomic mass is 16.6. The van der Waals surface area contributed by atoms with Crippen molar-refractivity contribution in [3.05, 3.63) is 0 Å². The van der Waals surface area contributed by atoms with E-state index < -0.39 is 35.7 Å². The first-order chi connectivity index (χ1) is 14.1. The summed E-state index contributed by atoms with van der Waals surface area (Å²) in [5.41, 5.74) is -0.666. The van der Waals surface area contributed by atoms with E-state index in [1.165, 1.54) is 12.8 Å². The molecule has 0 aromatic heterocycles. The van der Waals surface area contributed by atoms with Crippen LogP contribution in [0.2, 0.25) is 0 Å². The Hall–Kier alpha value is -1.79. The lowest BCUT2D eigenvalue weighted by Crippen LogP contribution is -2.53. The molecule has 7 heteroatoms. The zero-order valence-corrected chi connectivity index (χ0v) is 18.9. The summed E-state index contributed by atoms with van der Waals surface area (Å²) in [7, 11) is 0. The number of rotatable bonds is 8. The highest BCUT2D eigenvalue weighted by molar-refractivity contribution is 5.89. The summed E-state index contributed by atoms with van der Waals surface area (Å²) in [5.74, 6) is -0.751. The maximum Gasteiger partial charge on any atom is 0.408 e. The molecule has 30 heavy (non-hydrogen) atoms. The van der Waals surface area contributed by atoms with Gasteiger partial charge in [0, 0.05) is 0 Å². The molecule has 2 fully saturated rings. The zero-order chi connectivity index (χ0) is 22.1. The highest BCUT2D eigenvalue weighted by Crippen LogP contribution is 2.29. The van der Waals surface area contributed by atoms with Crippen molar-refractivity contribution in [1.82, 2.24) is 10.6 Å². The minimum absolute atomic E-state index is 0.329. The van der Waals surface area contributed by atoms with Crippen LogP contribution in [-0.4, -0.2) is 40.8 Å². The van der Waals surface area contributed by atoms with E-state index in [1.807, 2.05) is 0 Å². The molecule has 2 saturated carbocycles. The Morgan fingerprint density at radius 3 is 1.73 bits per heavy atom. The lowest BCUT2D eigenvalue weighted by Gasteiger charge is -2.29. The molecular formula is C23H40N2O5. The van der Waals surface area contributed by atoms with E-state index >= 15 is 0 Å². The number of carbonyl (C=O) groups excluding carboxylic acids is 2. The van der Waals surface area contributed by atoms with Crippen LogP contribution in [0, 0.1) is 11.8 Å². The number of carboxylic acids is 1. The predicted molar refractivity (Wildman–Crippen MR) is 115 cm³/mol. The Morgan fingerprint density at radius 1 is 0.833 bits per heavy atom. The molecule has 2 aliphatic carbocycles. The van der Waals surface area contributed by atoms with Gasteiger partial charge in [-0.05, 0) is 45.4 Å². The smallest absolute Gasteiger partial charge is 0.408 e. The second-order valence-corrected chi connectivity index (χ2v) is 10.1. The first-order valence-corrected chi connectivity index (χ1v) is 11.7. The number of carboxylic acid groups (broad SMARTS) is 1. The minimum atomic E-state index is -1.01. The summed E-state index contributed by atoms with van der Waals surface area (Å²) in [5, 5.41) is 15.1. The normalized spacial score (nSPS) is 20.8. The molecule has 0 heterocycles. The van der Waals surface area contributed by atoms with Gasteiger partial charge in [-0.2, -0.15) is 0 Å². The quantitative estimate of drug-likeness (QED) is 0.536. The second-order valence-electron chi connectivity index (χ2n) is 10.1. The Morgan fingerprint density at radius 2 is 1.30 bits per heavy atom. The number of nitrogens with one attached hydrogen (secondary N) is 2. The van der Waals surface area contributed by atoms with E-state index in [0.29, 0.717) is 24.7 Å². The van der Waals surface area contributed by atoms with E-state index in [4.69, 9.17) is 4.74 Å². The van der Waals surface area contributed by atoms with Gasteiger partial charge in [-0.25, -0.2) is 9.59 Å². The SMILES string of the molecule is CC(C)(C)OC(=O)N[C@H](CC1CCCCC1)C(=O)N[C@@H](CC1CCCCC1)C(=O)O. The third-order valence-corrected chi connectivity index (χ3v) is 6.21. The number of carbonyl (C=O) groups is 3. The summed E-state index contributed by atoms with van der Waals surface area (Å²) < 4.78 is 5.34. The van der Waals surface area contributed by atoms with E-state index in [-0.39, 0.29) is 0 Å². The van der Waals surface area contributed by atoms with Gasteiger partial charge >= 0.3 is 12.1 Å². The molecule has 0 unspecified atom stereocenters. The number of amides is 2. The molecule has 7 nitrogen and oxygen atoms in total. The highest BCUT2D eigenvalue weighted by Gasteiger charge is 2.32. The summed E-state index contributed by atoms with van der Waals surface area (Å²) in [6.45, 7) is 5.31. The van der Waals surface area contributed by atoms with E-state index in [0.717, 1.165) is 51.4 Å². The third-order valence-electron chi connectivity index (χ3n) is 6.21. The summed E-state index contributed by atoms with van der Waals surface area (Å²) in [4.78, 5) is 37.2. The predicted octanol–water partition coefficient (Wildman–Crippen LogP) is 4.39. The van der Waals surface area contributed by atoms with Crippen molar-refractivity contribution in [1.29, 1.82) is 0 Å². The van der Waals surface area contributed by atoms with Gasteiger partial charge in [0.2, 0.25) is 5.91 Å². The molecule has 0 spiro atoms. The van der Waals surface area contributed by atoms with E-state index in [1.54, 1.807) is 20.8 Å². The molecule has 2 amide bonds. The fraction of sp³-hybridized carbons (Fsp3) is 0.870. The maximum atomic E-state index is 13.0. The average Bonchev–Trinajstić information content (AvgIpc) is 2.67. The van der Waals surface area contributed by atoms with Gasteiger partial charge in [-0.15, -0.1) is 0 Å². The number of ether oxygens (including phenoxy) is 1. The van der Waals surface area contributed by atoms with Crippen molar-refractivity contribution in [2.75, 3.05) is 0 Å². The second kappa shape index (κ2) is 11.6. The van der Waals surface area contributed by atoms with Crippen molar-refractivity contribution in [2.24, 2.45) is 11.8 Å². The number of alkyl carbamates (subject to hydrolysis) is 1. The lowest BCUT2D eigenvalue weighted by molar-refractivity contribution is -0.142. The average molecular weight is 425 g/mol. The molecule has 0 aromatic rings. The van der Waals surface area contributed by atoms with Crippen molar-refractivity contribution in [3.63, 3.8) is 0 Å². The first kappa shape index (κ1) is 24.5. The Bertz CT molecular complexity index is 575. The Kier molecular flexibility index (Phi) is 9.43. The fourth-order valence-electron chi connectivity index (χ4n) is 4.69. The monoisotopic (exact) mass is 424 g/mol. The Labute approximate surface area is 180 Å². The van der Waals surface area contributed by atoms with Crippen LogP contribution in [0.1, 0.15) is 97.8 Å². The zero-order valence-electron chi connectivity index (χ0n) is 18.9. The lowest BCUT2D eigenvalue weighted by atomic mass is 9.84. The molecule has 0 saturated heterocycles. The molecule has 3 N–H and O–H groups in total. The van der Waals surface area contributed by atoms with Crippen molar-refractivity contribution in [2.45, 2.75) is 116 Å². The molecular weight excluding hydrogens is 384 g/mol. The van der Waals surface area contributed by atoms with Crippen LogP contribution in [-0.2, 0) is 14.3 Å². The van der Waals surface area contributed by atoms with Gasteiger partial charge < -0.3 is 20.5 Å². The minimum Gasteiger partial charge on any atom is -0.480 e. The number of hydrogen-bond acceptors (Lipinski definition) is 4. The summed E-state index contributed by atoms with van der Waals surface area (Å²) in [6.07, 6.45) is 11.3. The molecule has 2 rings (SSSR count). The van der Waals surface area contributed by atoms with Crippen LogP contribution in [0.3, 0.4) is 0 Å². The largest absolute Gasteiger partial charge is 0.480 e. The van der Waals surface area contributed by atoms with Crippen LogP contribution in [0.4, 0.5) is 4.79 Å². The van der Waals surface area contributed by atoms with Crippen LogP contribution >= 0.6 is 0 Å². The van der Waals surface area contributed by atoms with Gasteiger partial charge in [-0.1, -0.05) is 64.2 Å². The van der Waals surface area contributed by atoms with Crippen LogP contribution in [0.25, 0.3) is 0 Å². The van der Waals surface area contributed by atoms with Gasteiger partial charge in [0.1, 0.15) is 17.7 Å². The fourth-order valence-corrected chi connectivity index (χ4v) is 4.69. The Balaban J connectivity index is 2.02. The van der Waals surface area contributed by atoms with Gasteiger partial charge in [0.05, 0.1) is 0 Å². The van der Waals surface area contributed by atoms with E-state index in [2.05, 4.69) is 10.6 Å². The maximum absolute atomic E-state index is 13.0. The van der Waals surface area contributed by atoms with Gasteiger partial charge in [0.15, 0.2) is 0 Å². The van der Waals surface area contributed by atoms with Crippen molar-refractivity contribution in [3.8, 4) is 0 Å². The number of aliphatic carboxylic acids is 1. The molecule has 0 aliphatic heterocycles. The number of hydrogen-bond donors (Lipinski definition) is 3. The van der Waals surface area contributed by atoms with Gasteiger partial charge in [-0.3, -0.25) is 4.79 Å².